The van der Waals surface area contributed by atoms with E-state index in [1.165, 1.54) is 11.3 Å². The molecule has 2 heterocycles. The van der Waals surface area contributed by atoms with Crippen molar-refractivity contribution in [3.63, 3.8) is 0 Å². The van der Waals surface area contributed by atoms with Crippen LogP contribution >= 0.6 is 11.3 Å². The van der Waals surface area contributed by atoms with Gasteiger partial charge in [0.1, 0.15) is 0 Å². The zero-order valence-corrected chi connectivity index (χ0v) is 14.9. The molecule has 2 unspecified atom stereocenters. The number of hydrogen-bond donors (Lipinski definition) is 4. The Morgan fingerprint density at radius 3 is 2.68 bits per heavy atom. The first-order chi connectivity index (χ1) is 12.1. The van der Waals surface area contributed by atoms with Crippen molar-refractivity contribution in [1.82, 2.24) is 10.6 Å². The summed E-state index contributed by atoms with van der Waals surface area (Å²) in [7, 11) is 0. The molecule has 6 nitrogen and oxygen atoms in total. The maximum absolute atomic E-state index is 12.4. The summed E-state index contributed by atoms with van der Waals surface area (Å²) in [6.07, 6.45) is 1.87. The normalized spacial score (nSPS) is 19.9. The van der Waals surface area contributed by atoms with Gasteiger partial charge in [0.2, 0.25) is 0 Å². The van der Waals surface area contributed by atoms with E-state index in [0.717, 1.165) is 25.1 Å². The number of urea groups is 1. The topological polar surface area (TPSA) is 82.3 Å². The fourth-order valence-electron chi connectivity index (χ4n) is 2.84. The smallest absolute Gasteiger partial charge is 0.324 e. The van der Waals surface area contributed by atoms with Gasteiger partial charge in [-0.1, -0.05) is 18.2 Å². The molecule has 3 amide bonds. The van der Waals surface area contributed by atoms with Crippen LogP contribution in [0.5, 0.6) is 0 Å². The zero-order chi connectivity index (χ0) is 17.6. The van der Waals surface area contributed by atoms with Gasteiger partial charge < -0.3 is 16.0 Å². The van der Waals surface area contributed by atoms with Crippen LogP contribution in [-0.4, -0.2) is 30.6 Å². The molecule has 25 heavy (non-hydrogen) atoms. The number of nitrogens with one attached hydrogen (secondary N) is 4. The number of piperidine rings is 1. The van der Waals surface area contributed by atoms with E-state index in [9.17, 15) is 9.59 Å². The second-order valence-corrected chi connectivity index (χ2v) is 7.24. The highest BCUT2D eigenvalue weighted by atomic mass is 32.1. The molecule has 4 N–H and O–H groups in total. The molecule has 0 spiro atoms. The van der Waals surface area contributed by atoms with E-state index in [4.69, 9.17) is 0 Å². The first kappa shape index (κ1) is 17.4. The van der Waals surface area contributed by atoms with E-state index in [0.29, 0.717) is 15.9 Å². The van der Waals surface area contributed by atoms with Crippen LogP contribution in [0, 0.1) is 0 Å². The molecule has 1 fully saturated rings. The van der Waals surface area contributed by atoms with Crippen LogP contribution in [-0.2, 0) is 0 Å². The Bertz CT molecular complexity index is 732. The van der Waals surface area contributed by atoms with Crippen molar-refractivity contribution in [3.05, 3.63) is 47.3 Å². The summed E-state index contributed by atoms with van der Waals surface area (Å²) in [5.41, 5.74) is 0.717. The monoisotopic (exact) mass is 358 g/mol. The highest BCUT2D eigenvalue weighted by Gasteiger charge is 2.21. The standard InChI is InChI=1S/C18H22N4O2S/c1-12-11-14(9-10-19-12)20-17(23)15-7-8-16(25-15)22-18(24)21-13-5-3-2-4-6-13/h2-8,12,14,19H,9-11H2,1H3,(H,20,23)(H2,21,22,24). The summed E-state index contributed by atoms with van der Waals surface area (Å²) in [5.74, 6) is -0.0828. The summed E-state index contributed by atoms with van der Waals surface area (Å²) in [4.78, 5) is 24.9. The summed E-state index contributed by atoms with van der Waals surface area (Å²) in [6, 6.07) is 13.0. The SMILES string of the molecule is CC1CC(NC(=O)c2ccc(NC(=O)Nc3ccccc3)s2)CCN1. The minimum absolute atomic E-state index is 0.0828. The number of carbonyl (C=O) groups excluding carboxylic acids is 2. The Morgan fingerprint density at radius 2 is 1.92 bits per heavy atom. The molecule has 1 aromatic heterocycles. The third kappa shape index (κ3) is 5.04. The molecule has 1 saturated heterocycles. The Balaban J connectivity index is 1.53. The Morgan fingerprint density at radius 1 is 1.12 bits per heavy atom. The maximum atomic E-state index is 12.4. The van der Waals surface area contributed by atoms with E-state index in [1.54, 1.807) is 12.1 Å². The molecule has 0 radical (unpaired) electrons. The number of carbonyl (C=O) groups is 2. The predicted octanol–water partition coefficient (Wildman–Crippen LogP) is 3.26. The average Bonchev–Trinajstić information content (AvgIpc) is 3.04. The minimum atomic E-state index is -0.327. The van der Waals surface area contributed by atoms with Crippen LogP contribution in [0.25, 0.3) is 0 Å². The lowest BCUT2D eigenvalue weighted by Gasteiger charge is -2.28. The fourth-order valence-corrected chi connectivity index (χ4v) is 3.65. The van der Waals surface area contributed by atoms with Crippen molar-refractivity contribution < 1.29 is 9.59 Å². The lowest BCUT2D eigenvalue weighted by atomic mass is 10.0. The van der Waals surface area contributed by atoms with Crippen LogP contribution in [0.3, 0.4) is 0 Å². The van der Waals surface area contributed by atoms with Gasteiger partial charge in [-0.05, 0) is 50.6 Å². The van der Waals surface area contributed by atoms with Crippen LogP contribution in [0.2, 0.25) is 0 Å². The number of anilines is 2. The van der Waals surface area contributed by atoms with E-state index >= 15 is 0 Å². The van der Waals surface area contributed by atoms with Crippen LogP contribution < -0.4 is 21.3 Å². The van der Waals surface area contributed by atoms with E-state index in [1.807, 2.05) is 30.3 Å². The molecule has 0 saturated carbocycles. The maximum Gasteiger partial charge on any atom is 0.324 e. The van der Waals surface area contributed by atoms with Crippen LogP contribution in [0.15, 0.2) is 42.5 Å². The second-order valence-electron chi connectivity index (χ2n) is 6.16. The molecule has 3 rings (SSSR count). The zero-order valence-electron chi connectivity index (χ0n) is 14.0. The number of amides is 3. The Kier molecular flexibility index (Phi) is 5.67. The number of para-hydroxylation sites is 1. The van der Waals surface area contributed by atoms with E-state index < -0.39 is 0 Å². The van der Waals surface area contributed by atoms with Gasteiger partial charge in [0.15, 0.2) is 0 Å². The highest BCUT2D eigenvalue weighted by molar-refractivity contribution is 7.18. The molecule has 1 aliphatic heterocycles. The molecule has 1 aromatic carbocycles. The van der Waals surface area contributed by atoms with Gasteiger partial charge in [0.05, 0.1) is 9.88 Å². The van der Waals surface area contributed by atoms with Gasteiger partial charge >= 0.3 is 6.03 Å². The van der Waals surface area contributed by atoms with Gasteiger partial charge in [-0.2, -0.15) is 0 Å². The quantitative estimate of drug-likeness (QED) is 0.677. The van der Waals surface area contributed by atoms with Crippen LogP contribution in [0.1, 0.15) is 29.4 Å². The van der Waals surface area contributed by atoms with Crippen molar-refractivity contribution >= 4 is 34.0 Å². The van der Waals surface area contributed by atoms with Gasteiger partial charge in [0, 0.05) is 17.8 Å². The Hall–Kier alpha value is -2.38. The van der Waals surface area contributed by atoms with Crippen molar-refractivity contribution in [2.24, 2.45) is 0 Å². The van der Waals surface area contributed by atoms with Crippen molar-refractivity contribution in [2.75, 3.05) is 17.2 Å². The van der Waals surface area contributed by atoms with Crippen molar-refractivity contribution in [3.8, 4) is 0 Å². The molecule has 132 valence electrons. The minimum Gasteiger partial charge on any atom is -0.349 e. The van der Waals surface area contributed by atoms with Crippen molar-refractivity contribution in [1.29, 1.82) is 0 Å². The molecular formula is C18H22N4O2S. The molecule has 2 atom stereocenters. The second kappa shape index (κ2) is 8.13. The summed E-state index contributed by atoms with van der Waals surface area (Å²) in [6.45, 7) is 3.04. The summed E-state index contributed by atoms with van der Waals surface area (Å²) in [5, 5.41) is 12.6. The van der Waals surface area contributed by atoms with E-state index in [2.05, 4.69) is 28.2 Å². The van der Waals surface area contributed by atoms with Crippen molar-refractivity contribution in [2.45, 2.75) is 31.8 Å². The highest BCUT2D eigenvalue weighted by Crippen LogP contribution is 2.22. The largest absolute Gasteiger partial charge is 0.349 e. The molecule has 0 aliphatic carbocycles. The third-order valence-electron chi connectivity index (χ3n) is 4.06. The summed E-state index contributed by atoms with van der Waals surface area (Å²) < 4.78 is 0. The first-order valence-electron chi connectivity index (χ1n) is 8.37. The molecule has 1 aliphatic rings. The third-order valence-corrected chi connectivity index (χ3v) is 5.06. The summed E-state index contributed by atoms with van der Waals surface area (Å²) >= 11 is 1.27. The lowest BCUT2D eigenvalue weighted by molar-refractivity contribution is 0.0930. The molecular weight excluding hydrogens is 336 g/mol. The first-order valence-corrected chi connectivity index (χ1v) is 9.19. The number of hydrogen-bond acceptors (Lipinski definition) is 4. The van der Waals surface area contributed by atoms with Crippen LogP contribution in [0.4, 0.5) is 15.5 Å². The van der Waals surface area contributed by atoms with Gasteiger partial charge in [-0.25, -0.2) is 4.79 Å². The molecule has 2 aromatic rings. The average molecular weight is 358 g/mol. The fraction of sp³-hybridized carbons (Fsp3) is 0.333. The predicted molar refractivity (Wildman–Crippen MR) is 101 cm³/mol. The van der Waals surface area contributed by atoms with Gasteiger partial charge in [-0.15, -0.1) is 11.3 Å². The van der Waals surface area contributed by atoms with E-state index in [-0.39, 0.29) is 18.0 Å². The molecule has 0 bridgehead atoms. The lowest BCUT2D eigenvalue weighted by Crippen LogP contribution is -2.46. The number of thiophene rings is 1. The Labute approximate surface area is 151 Å². The van der Waals surface area contributed by atoms with Gasteiger partial charge in [0.25, 0.3) is 5.91 Å². The number of rotatable bonds is 4. The number of benzene rings is 1. The molecule has 7 heteroatoms. The van der Waals surface area contributed by atoms with Gasteiger partial charge in [-0.3, -0.25) is 10.1 Å².